The zero-order valence-electron chi connectivity index (χ0n) is 8.95. The molecule has 0 unspecified atom stereocenters. The number of methoxy groups -OCH3 is 2. The fourth-order valence-electron chi connectivity index (χ4n) is 1.19. The Balaban J connectivity index is 2.78. The number of hydrogen-bond donors (Lipinski definition) is 0. The van der Waals surface area contributed by atoms with E-state index in [4.69, 9.17) is 9.47 Å². The summed E-state index contributed by atoms with van der Waals surface area (Å²) >= 11 is 0. The lowest BCUT2D eigenvalue weighted by atomic mass is 10.1. The van der Waals surface area contributed by atoms with Crippen molar-refractivity contribution >= 4 is 5.78 Å². The van der Waals surface area contributed by atoms with E-state index in [2.05, 4.69) is 6.58 Å². The standard InChI is InChI=1S/C12H14O3/c1-9(8-14-2)12(13)10-4-6-11(15-3)7-5-10/h4-7H,1,8H2,2-3H3. The van der Waals surface area contributed by atoms with Gasteiger partial charge >= 0.3 is 0 Å². The maximum absolute atomic E-state index is 11.7. The van der Waals surface area contributed by atoms with Crippen LogP contribution in [0.4, 0.5) is 0 Å². The molecule has 80 valence electrons. The first-order valence-electron chi connectivity index (χ1n) is 4.54. The lowest BCUT2D eigenvalue weighted by Crippen LogP contribution is -2.07. The van der Waals surface area contributed by atoms with Crippen LogP contribution < -0.4 is 4.74 Å². The molecule has 15 heavy (non-hydrogen) atoms. The van der Waals surface area contributed by atoms with Crippen molar-refractivity contribution in [3.05, 3.63) is 42.0 Å². The molecule has 0 aliphatic rings. The lowest BCUT2D eigenvalue weighted by Gasteiger charge is -2.04. The van der Waals surface area contributed by atoms with Gasteiger partial charge in [-0.3, -0.25) is 4.79 Å². The van der Waals surface area contributed by atoms with Crippen LogP contribution >= 0.6 is 0 Å². The van der Waals surface area contributed by atoms with Crippen molar-refractivity contribution in [3.63, 3.8) is 0 Å². The van der Waals surface area contributed by atoms with Crippen LogP contribution in [0.3, 0.4) is 0 Å². The van der Waals surface area contributed by atoms with E-state index < -0.39 is 0 Å². The molecular weight excluding hydrogens is 192 g/mol. The largest absolute Gasteiger partial charge is 0.497 e. The van der Waals surface area contributed by atoms with Gasteiger partial charge in [-0.1, -0.05) is 6.58 Å². The summed E-state index contributed by atoms with van der Waals surface area (Å²) in [4.78, 5) is 11.7. The summed E-state index contributed by atoms with van der Waals surface area (Å²) in [6.07, 6.45) is 0. The summed E-state index contributed by atoms with van der Waals surface area (Å²) in [7, 11) is 3.12. The van der Waals surface area contributed by atoms with Crippen molar-refractivity contribution in [1.29, 1.82) is 0 Å². The van der Waals surface area contributed by atoms with Crippen LogP contribution in [0, 0.1) is 0 Å². The SMILES string of the molecule is C=C(COC)C(=O)c1ccc(OC)cc1. The highest BCUT2D eigenvalue weighted by Gasteiger charge is 2.09. The average molecular weight is 206 g/mol. The molecule has 0 N–H and O–H groups in total. The number of carbonyl (C=O) groups is 1. The topological polar surface area (TPSA) is 35.5 Å². The van der Waals surface area contributed by atoms with Gasteiger partial charge in [0, 0.05) is 18.2 Å². The number of ether oxygens (including phenoxy) is 2. The molecule has 0 saturated carbocycles. The van der Waals surface area contributed by atoms with E-state index in [0.717, 1.165) is 5.75 Å². The molecule has 1 rings (SSSR count). The van der Waals surface area contributed by atoms with Gasteiger partial charge in [-0.15, -0.1) is 0 Å². The Bertz CT molecular complexity index is 352. The van der Waals surface area contributed by atoms with Gasteiger partial charge in [0.1, 0.15) is 5.75 Å². The van der Waals surface area contributed by atoms with E-state index in [9.17, 15) is 4.79 Å². The highest BCUT2D eigenvalue weighted by atomic mass is 16.5. The molecule has 0 amide bonds. The first kappa shape index (κ1) is 11.5. The van der Waals surface area contributed by atoms with Crippen molar-refractivity contribution in [1.82, 2.24) is 0 Å². The van der Waals surface area contributed by atoms with E-state index in [1.54, 1.807) is 31.4 Å². The molecule has 0 heterocycles. The van der Waals surface area contributed by atoms with Crippen LogP contribution in [0.5, 0.6) is 5.75 Å². The van der Waals surface area contributed by atoms with Crippen LogP contribution in [0.2, 0.25) is 0 Å². The molecule has 1 aromatic carbocycles. The van der Waals surface area contributed by atoms with Crippen LogP contribution in [-0.2, 0) is 4.74 Å². The van der Waals surface area contributed by atoms with E-state index in [1.807, 2.05) is 0 Å². The molecule has 3 nitrogen and oxygen atoms in total. The van der Waals surface area contributed by atoms with Crippen molar-refractivity contribution < 1.29 is 14.3 Å². The smallest absolute Gasteiger partial charge is 0.190 e. The second kappa shape index (κ2) is 5.32. The van der Waals surface area contributed by atoms with E-state index in [0.29, 0.717) is 11.1 Å². The van der Waals surface area contributed by atoms with E-state index >= 15 is 0 Å². The third-order valence-corrected chi connectivity index (χ3v) is 1.99. The zero-order valence-corrected chi connectivity index (χ0v) is 8.95. The quantitative estimate of drug-likeness (QED) is 0.546. The minimum absolute atomic E-state index is 0.0977. The lowest BCUT2D eigenvalue weighted by molar-refractivity contribution is 0.101. The third-order valence-electron chi connectivity index (χ3n) is 1.99. The van der Waals surface area contributed by atoms with Gasteiger partial charge in [0.25, 0.3) is 0 Å². The minimum Gasteiger partial charge on any atom is -0.497 e. The summed E-state index contributed by atoms with van der Waals surface area (Å²) in [6.45, 7) is 3.91. The highest BCUT2D eigenvalue weighted by molar-refractivity contribution is 6.08. The molecule has 0 aliphatic carbocycles. The fraction of sp³-hybridized carbons (Fsp3) is 0.250. The van der Waals surface area contributed by atoms with Crippen molar-refractivity contribution in [2.45, 2.75) is 0 Å². The summed E-state index contributed by atoms with van der Waals surface area (Å²) in [5, 5.41) is 0. The Hall–Kier alpha value is -1.61. The minimum atomic E-state index is -0.0977. The Kier molecular flexibility index (Phi) is 4.06. The molecule has 0 atom stereocenters. The van der Waals surface area contributed by atoms with Gasteiger partial charge in [-0.05, 0) is 24.3 Å². The molecule has 0 bridgehead atoms. The van der Waals surface area contributed by atoms with Gasteiger partial charge in [0.2, 0.25) is 0 Å². The van der Waals surface area contributed by atoms with Crippen molar-refractivity contribution in [2.24, 2.45) is 0 Å². The van der Waals surface area contributed by atoms with Crippen LogP contribution in [0.15, 0.2) is 36.4 Å². The zero-order chi connectivity index (χ0) is 11.3. The van der Waals surface area contributed by atoms with Gasteiger partial charge in [0.05, 0.1) is 13.7 Å². The molecule has 0 fully saturated rings. The summed E-state index contributed by atoms with van der Waals surface area (Å²) in [6, 6.07) is 6.91. The average Bonchev–Trinajstić information content (AvgIpc) is 2.28. The molecule has 0 aliphatic heterocycles. The van der Waals surface area contributed by atoms with Crippen LogP contribution in [0.1, 0.15) is 10.4 Å². The summed E-state index contributed by atoms with van der Waals surface area (Å²) in [5.74, 6) is 0.628. The van der Waals surface area contributed by atoms with Gasteiger partial charge < -0.3 is 9.47 Å². The number of ketones is 1. The maximum Gasteiger partial charge on any atom is 0.190 e. The molecule has 0 radical (unpaired) electrons. The van der Waals surface area contributed by atoms with Gasteiger partial charge in [-0.2, -0.15) is 0 Å². The second-order valence-electron chi connectivity index (χ2n) is 3.09. The van der Waals surface area contributed by atoms with Gasteiger partial charge in [-0.25, -0.2) is 0 Å². The number of rotatable bonds is 5. The van der Waals surface area contributed by atoms with Crippen LogP contribution in [-0.4, -0.2) is 26.6 Å². The molecule has 0 spiro atoms. The predicted octanol–water partition coefficient (Wildman–Crippen LogP) is 2.08. The Labute approximate surface area is 89.3 Å². The number of carbonyl (C=O) groups excluding carboxylic acids is 1. The third kappa shape index (κ3) is 2.92. The number of hydrogen-bond acceptors (Lipinski definition) is 3. The summed E-state index contributed by atoms with van der Waals surface area (Å²) in [5.41, 5.74) is 1.04. The Morgan fingerprint density at radius 2 is 1.87 bits per heavy atom. The molecular formula is C12H14O3. The number of benzene rings is 1. The summed E-state index contributed by atoms with van der Waals surface area (Å²) < 4.78 is 9.84. The number of Topliss-reactive ketones (excluding diaryl/α,β-unsaturated/α-hetero) is 1. The van der Waals surface area contributed by atoms with Crippen molar-refractivity contribution in [3.8, 4) is 5.75 Å². The molecule has 1 aromatic rings. The van der Waals surface area contributed by atoms with Crippen LogP contribution in [0.25, 0.3) is 0 Å². The molecule has 3 heteroatoms. The molecule has 0 saturated heterocycles. The molecule has 0 aromatic heterocycles. The Morgan fingerprint density at radius 1 is 1.27 bits per heavy atom. The van der Waals surface area contributed by atoms with E-state index in [1.165, 1.54) is 7.11 Å². The van der Waals surface area contributed by atoms with Gasteiger partial charge in [0.15, 0.2) is 5.78 Å². The normalized spacial score (nSPS) is 9.73. The first-order valence-corrected chi connectivity index (χ1v) is 4.54. The fourth-order valence-corrected chi connectivity index (χ4v) is 1.19. The van der Waals surface area contributed by atoms with Crippen molar-refractivity contribution in [2.75, 3.05) is 20.8 Å². The monoisotopic (exact) mass is 206 g/mol. The second-order valence-corrected chi connectivity index (χ2v) is 3.09. The maximum atomic E-state index is 11.7. The Morgan fingerprint density at radius 3 is 2.33 bits per heavy atom. The highest BCUT2D eigenvalue weighted by Crippen LogP contribution is 2.13. The predicted molar refractivity (Wildman–Crippen MR) is 58.3 cm³/mol. The first-order chi connectivity index (χ1) is 7.19. The van der Waals surface area contributed by atoms with E-state index in [-0.39, 0.29) is 12.4 Å².